The third-order valence-corrected chi connectivity index (χ3v) is 7.65. The molecular formula is C23H28FN3O3S. The molecule has 1 N–H and O–H groups in total. The van der Waals surface area contributed by atoms with E-state index in [1.807, 2.05) is 0 Å². The highest BCUT2D eigenvalue weighted by Crippen LogP contribution is 2.26. The zero-order chi connectivity index (χ0) is 22.0. The molecule has 0 atom stereocenters. The van der Waals surface area contributed by atoms with Crippen LogP contribution in [-0.4, -0.2) is 56.3 Å². The highest BCUT2D eigenvalue weighted by atomic mass is 32.2. The predicted molar refractivity (Wildman–Crippen MR) is 118 cm³/mol. The van der Waals surface area contributed by atoms with Crippen LogP contribution < -0.4 is 4.72 Å². The van der Waals surface area contributed by atoms with Crippen molar-refractivity contribution in [1.29, 1.82) is 0 Å². The van der Waals surface area contributed by atoms with Gasteiger partial charge in [-0.1, -0.05) is 25.0 Å². The van der Waals surface area contributed by atoms with Gasteiger partial charge in [-0.2, -0.15) is 0 Å². The van der Waals surface area contributed by atoms with Crippen LogP contribution >= 0.6 is 0 Å². The number of nitrogens with zero attached hydrogens (tertiary/aromatic N) is 2. The van der Waals surface area contributed by atoms with E-state index >= 15 is 0 Å². The van der Waals surface area contributed by atoms with Gasteiger partial charge in [0.05, 0.1) is 16.1 Å². The summed E-state index contributed by atoms with van der Waals surface area (Å²) >= 11 is 0. The fourth-order valence-electron chi connectivity index (χ4n) is 4.48. The molecule has 2 aromatic rings. The van der Waals surface area contributed by atoms with E-state index in [-0.39, 0.29) is 22.1 Å². The normalized spacial score (nSPS) is 18.3. The molecule has 1 heterocycles. The van der Waals surface area contributed by atoms with Crippen molar-refractivity contribution in [3.05, 3.63) is 59.4 Å². The van der Waals surface area contributed by atoms with Crippen LogP contribution in [0.4, 0.5) is 10.1 Å². The van der Waals surface area contributed by atoms with Crippen molar-refractivity contribution in [2.45, 2.75) is 43.5 Å². The molecule has 4 rings (SSSR count). The van der Waals surface area contributed by atoms with E-state index in [0.29, 0.717) is 24.7 Å². The van der Waals surface area contributed by atoms with Gasteiger partial charge in [-0.05, 0) is 55.7 Å². The molecule has 0 radical (unpaired) electrons. The van der Waals surface area contributed by atoms with Crippen LogP contribution in [0.5, 0.6) is 0 Å². The minimum absolute atomic E-state index is 0.0428. The molecule has 1 aliphatic heterocycles. The maximum atomic E-state index is 13.5. The van der Waals surface area contributed by atoms with E-state index < -0.39 is 15.8 Å². The van der Waals surface area contributed by atoms with Crippen molar-refractivity contribution in [2.24, 2.45) is 0 Å². The highest BCUT2D eigenvalue weighted by Gasteiger charge is 2.29. The van der Waals surface area contributed by atoms with Gasteiger partial charge in [-0.3, -0.25) is 14.4 Å². The topological polar surface area (TPSA) is 69.7 Å². The summed E-state index contributed by atoms with van der Waals surface area (Å²) in [5.74, 6) is -0.647. The number of para-hydroxylation sites is 1. The third kappa shape index (κ3) is 4.75. The fourth-order valence-corrected chi connectivity index (χ4v) is 5.64. The molecule has 1 amide bonds. The fraction of sp³-hybridized carbons (Fsp3) is 0.435. The maximum absolute atomic E-state index is 13.5. The Morgan fingerprint density at radius 2 is 1.71 bits per heavy atom. The lowest BCUT2D eigenvalue weighted by molar-refractivity contribution is 0.0574. The van der Waals surface area contributed by atoms with E-state index in [4.69, 9.17) is 0 Å². The number of halogens is 1. The number of nitrogens with one attached hydrogen (secondary N) is 1. The number of aryl methyl sites for hydroxylation is 1. The molecule has 2 aromatic carbocycles. The molecule has 2 aliphatic rings. The molecule has 0 spiro atoms. The van der Waals surface area contributed by atoms with E-state index in [9.17, 15) is 17.6 Å². The van der Waals surface area contributed by atoms with Gasteiger partial charge in [0.1, 0.15) is 5.82 Å². The number of carbonyl (C=O) groups excluding carboxylic acids is 1. The molecule has 0 unspecified atom stereocenters. The van der Waals surface area contributed by atoms with Crippen LogP contribution in [0, 0.1) is 12.7 Å². The first kappa shape index (κ1) is 21.8. The van der Waals surface area contributed by atoms with E-state index in [1.165, 1.54) is 44.7 Å². The van der Waals surface area contributed by atoms with Crippen molar-refractivity contribution in [1.82, 2.24) is 9.80 Å². The van der Waals surface area contributed by atoms with Crippen LogP contribution in [0.1, 0.15) is 41.6 Å². The average Bonchev–Trinajstić information content (AvgIpc) is 3.30. The molecule has 0 aromatic heterocycles. The van der Waals surface area contributed by atoms with Crippen LogP contribution in [0.25, 0.3) is 0 Å². The number of benzene rings is 2. The summed E-state index contributed by atoms with van der Waals surface area (Å²) < 4.78 is 41.7. The minimum Gasteiger partial charge on any atom is -0.336 e. The third-order valence-electron chi connectivity index (χ3n) is 6.28. The van der Waals surface area contributed by atoms with Crippen molar-refractivity contribution in [2.75, 3.05) is 30.9 Å². The van der Waals surface area contributed by atoms with Crippen molar-refractivity contribution >= 4 is 21.6 Å². The number of rotatable bonds is 5. The molecule has 0 bridgehead atoms. The monoisotopic (exact) mass is 445 g/mol. The molecule has 166 valence electrons. The lowest BCUT2D eigenvalue weighted by Crippen LogP contribution is -2.51. The number of sulfonamides is 1. The van der Waals surface area contributed by atoms with Crippen LogP contribution in [0.15, 0.2) is 47.4 Å². The van der Waals surface area contributed by atoms with Crippen molar-refractivity contribution < 1.29 is 17.6 Å². The summed E-state index contributed by atoms with van der Waals surface area (Å²) in [6.45, 7) is 4.47. The molecule has 1 saturated heterocycles. The zero-order valence-corrected chi connectivity index (χ0v) is 18.5. The number of amides is 1. The van der Waals surface area contributed by atoms with Crippen molar-refractivity contribution in [3.63, 3.8) is 0 Å². The van der Waals surface area contributed by atoms with Crippen LogP contribution in [-0.2, 0) is 10.0 Å². The molecule has 6 nitrogen and oxygen atoms in total. The quantitative estimate of drug-likeness (QED) is 0.763. The van der Waals surface area contributed by atoms with Gasteiger partial charge >= 0.3 is 0 Å². The Hall–Kier alpha value is -2.45. The SMILES string of the molecule is Cc1cc(S(=O)(=O)Nc2ccccc2C(=O)N2CCN(C3CCCC3)CC2)ccc1F. The van der Waals surface area contributed by atoms with Crippen molar-refractivity contribution in [3.8, 4) is 0 Å². The predicted octanol–water partition coefficient (Wildman–Crippen LogP) is 3.64. The Bertz CT molecular complexity index is 1060. The number of anilines is 1. The second-order valence-corrected chi connectivity index (χ2v) is 10.0. The smallest absolute Gasteiger partial charge is 0.261 e. The highest BCUT2D eigenvalue weighted by molar-refractivity contribution is 7.92. The lowest BCUT2D eigenvalue weighted by Gasteiger charge is -2.38. The first-order chi connectivity index (χ1) is 14.8. The molecule has 2 fully saturated rings. The molecule has 1 aliphatic carbocycles. The second-order valence-electron chi connectivity index (χ2n) is 8.33. The van der Waals surface area contributed by atoms with Crippen LogP contribution in [0.3, 0.4) is 0 Å². The standard InChI is InChI=1S/C23H28FN3O3S/c1-17-16-19(10-11-21(17)24)31(29,30)25-22-9-5-4-8-20(22)23(28)27-14-12-26(13-15-27)18-6-2-3-7-18/h4-5,8-11,16,18,25H,2-3,6-7,12-15H2,1H3. The molecule has 31 heavy (non-hydrogen) atoms. The Morgan fingerprint density at radius 1 is 1.03 bits per heavy atom. The Morgan fingerprint density at radius 3 is 2.39 bits per heavy atom. The van der Waals surface area contributed by atoms with Gasteiger partial charge in [-0.15, -0.1) is 0 Å². The van der Waals surface area contributed by atoms with Gasteiger partial charge in [0, 0.05) is 32.2 Å². The van der Waals surface area contributed by atoms with Gasteiger partial charge < -0.3 is 4.90 Å². The maximum Gasteiger partial charge on any atom is 0.261 e. The first-order valence-electron chi connectivity index (χ1n) is 10.8. The lowest BCUT2D eigenvalue weighted by atomic mass is 10.1. The summed E-state index contributed by atoms with van der Waals surface area (Å²) in [4.78, 5) is 17.4. The van der Waals surface area contributed by atoms with Gasteiger partial charge in [0.15, 0.2) is 0 Å². The van der Waals surface area contributed by atoms with E-state index in [1.54, 1.807) is 29.2 Å². The zero-order valence-electron chi connectivity index (χ0n) is 17.7. The van der Waals surface area contributed by atoms with Gasteiger partial charge in [-0.25, -0.2) is 12.8 Å². The van der Waals surface area contributed by atoms with E-state index in [2.05, 4.69) is 9.62 Å². The molecular weight excluding hydrogens is 417 g/mol. The van der Waals surface area contributed by atoms with Crippen LogP contribution in [0.2, 0.25) is 0 Å². The largest absolute Gasteiger partial charge is 0.336 e. The van der Waals surface area contributed by atoms with Gasteiger partial charge in [0.25, 0.3) is 15.9 Å². The van der Waals surface area contributed by atoms with Gasteiger partial charge in [0.2, 0.25) is 0 Å². The summed E-state index contributed by atoms with van der Waals surface area (Å²) in [7, 11) is -3.95. The Kier molecular flexibility index (Phi) is 6.29. The van der Waals surface area contributed by atoms with E-state index in [0.717, 1.165) is 19.2 Å². The molecule has 8 heteroatoms. The summed E-state index contributed by atoms with van der Waals surface area (Å²) in [5, 5.41) is 0. The average molecular weight is 446 g/mol. The Labute approximate surface area is 183 Å². The number of piperazine rings is 1. The number of hydrogen-bond acceptors (Lipinski definition) is 4. The Balaban J connectivity index is 1.49. The summed E-state index contributed by atoms with van der Waals surface area (Å²) in [6.07, 6.45) is 5.04. The minimum atomic E-state index is -3.95. The second kappa shape index (κ2) is 8.96. The molecule has 1 saturated carbocycles. The summed E-state index contributed by atoms with van der Waals surface area (Å²) in [5.41, 5.74) is 0.791. The summed E-state index contributed by atoms with van der Waals surface area (Å²) in [6, 6.07) is 10.9. The number of hydrogen-bond donors (Lipinski definition) is 1. The first-order valence-corrected chi connectivity index (χ1v) is 12.2. The number of carbonyl (C=O) groups is 1.